The van der Waals surface area contributed by atoms with Gasteiger partial charge in [-0.15, -0.1) is 0 Å². The zero-order valence-electron chi connectivity index (χ0n) is 15.0. The molecule has 0 atom stereocenters. The molecule has 1 amide bonds. The van der Waals surface area contributed by atoms with Gasteiger partial charge in [0.25, 0.3) is 5.91 Å². The molecule has 0 aliphatic carbocycles. The smallest absolute Gasteiger partial charge is 0.255 e. The summed E-state index contributed by atoms with van der Waals surface area (Å²) in [5, 5.41) is 5.10. The molecule has 3 nitrogen and oxygen atoms in total. The van der Waals surface area contributed by atoms with Gasteiger partial charge in [0.2, 0.25) is 0 Å². The number of carbonyl (C=O) groups excluding carboxylic acids is 1. The molecule has 0 bridgehead atoms. The minimum Gasteiger partial charge on any atom is -1.00 e. The van der Waals surface area contributed by atoms with Crippen LogP contribution >= 0.6 is 15.9 Å². The Morgan fingerprint density at radius 1 is 0.857 bits per heavy atom. The molecule has 0 spiro atoms. The van der Waals surface area contributed by atoms with Gasteiger partial charge in [0.1, 0.15) is 0 Å². The molecular formula is C23H18Br2N2O. The minimum absolute atomic E-state index is 0. The number of fused-ring (bicyclic) bond motifs is 1. The molecule has 0 saturated carbocycles. The molecule has 0 saturated heterocycles. The molecule has 0 aliphatic heterocycles. The Kier molecular flexibility index (Phi) is 6.60. The van der Waals surface area contributed by atoms with Crippen LogP contribution in [0.3, 0.4) is 0 Å². The number of rotatable bonds is 4. The van der Waals surface area contributed by atoms with Gasteiger partial charge in [0, 0.05) is 27.7 Å². The van der Waals surface area contributed by atoms with Crippen molar-refractivity contribution in [1.29, 1.82) is 0 Å². The lowest BCUT2D eigenvalue weighted by Crippen LogP contribution is -3.00. The molecule has 0 aliphatic rings. The first kappa shape index (κ1) is 20.2. The Morgan fingerprint density at radius 3 is 2.29 bits per heavy atom. The van der Waals surface area contributed by atoms with Gasteiger partial charge < -0.3 is 22.3 Å². The summed E-state index contributed by atoms with van der Waals surface area (Å²) in [6, 6.07) is 25.9. The van der Waals surface area contributed by atoms with Crippen molar-refractivity contribution >= 4 is 38.3 Å². The number of benzene rings is 3. The van der Waals surface area contributed by atoms with E-state index in [1.165, 1.54) is 5.56 Å². The van der Waals surface area contributed by atoms with Crippen molar-refractivity contribution < 1.29 is 26.3 Å². The fourth-order valence-corrected chi connectivity index (χ4v) is 3.38. The summed E-state index contributed by atoms with van der Waals surface area (Å²) < 4.78 is 3.11. The highest BCUT2D eigenvalue weighted by molar-refractivity contribution is 9.10. The Labute approximate surface area is 182 Å². The molecule has 5 heteroatoms. The average molecular weight is 498 g/mol. The fraction of sp³-hybridized carbons (Fsp3) is 0.0435. The van der Waals surface area contributed by atoms with E-state index in [9.17, 15) is 4.79 Å². The van der Waals surface area contributed by atoms with Gasteiger partial charge in [-0.25, -0.2) is 4.57 Å². The molecule has 4 aromatic rings. The molecule has 28 heavy (non-hydrogen) atoms. The van der Waals surface area contributed by atoms with Crippen LogP contribution in [0.25, 0.3) is 10.8 Å². The van der Waals surface area contributed by atoms with Gasteiger partial charge in [-0.2, -0.15) is 0 Å². The van der Waals surface area contributed by atoms with Crippen LogP contribution in [-0.4, -0.2) is 5.91 Å². The van der Waals surface area contributed by atoms with E-state index in [0.717, 1.165) is 27.5 Å². The minimum atomic E-state index is -0.111. The molecule has 0 radical (unpaired) electrons. The van der Waals surface area contributed by atoms with Gasteiger partial charge in [0.05, 0.1) is 5.69 Å². The number of anilines is 1. The number of nitrogens with one attached hydrogen (secondary N) is 1. The van der Waals surface area contributed by atoms with E-state index < -0.39 is 0 Å². The molecule has 3 aromatic carbocycles. The molecule has 1 aromatic heterocycles. The predicted molar refractivity (Wildman–Crippen MR) is 112 cm³/mol. The topological polar surface area (TPSA) is 33.0 Å². The van der Waals surface area contributed by atoms with Gasteiger partial charge >= 0.3 is 0 Å². The van der Waals surface area contributed by atoms with Crippen molar-refractivity contribution in [2.24, 2.45) is 0 Å². The summed E-state index contributed by atoms with van der Waals surface area (Å²) in [6.45, 7) is 0.801. The molecule has 1 N–H and O–H groups in total. The second-order valence-corrected chi connectivity index (χ2v) is 7.32. The van der Waals surface area contributed by atoms with Crippen LogP contribution in [0.15, 0.2) is 95.7 Å². The van der Waals surface area contributed by atoms with Crippen LogP contribution in [0, 0.1) is 0 Å². The summed E-state index contributed by atoms with van der Waals surface area (Å²) in [5.74, 6) is -0.111. The van der Waals surface area contributed by atoms with E-state index in [4.69, 9.17) is 0 Å². The highest BCUT2D eigenvalue weighted by Gasteiger charge is 2.09. The van der Waals surface area contributed by atoms with Crippen molar-refractivity contribution in [2.45, 2.75) is 6.54 Å². The van der Waals surface area contributed by atoms with Gasteiger partial charge in [-0.05, 0) is 35.0 Å². The largest absolute Gasteiger partial charge is 1.00 e. The van der Waals surface area contributed by atoms with Crippen molar-refractivity contribution in [1.82, 2.24) is 0 Å². The highest BCUT2D eigenvalue weighted by Crippen LogP contribution is 2.21. The summed E-state index contributed by atoms with van der Waals surface area (Å²) in [6.07, 6.45) is 3.95. The number of hydrogen-bond donors (Lipinski definition) is 1. The second kappa shape index (κ2) is 9.13. The third-order valence-electron chi connectivity index (χ3n) is 4.42. The molecule has 140 valence electrons. The van der Waals surface area contributed by atoms with Crippen molar-refractivity contribution in [3.8, 4) is 0 Å². The van der Waals surface area contributed by atoms with Crippen LogP contribution < -0.4 is 26.9 Å². The summed E-state index contributed by atoms with van der Waals surface area (Å²) >= 11 is 3.47. The maximum absolute atomic E-state index is 12.6. The standard InChI is InChI=1S/C23H17BrN2O.BrH/c24-21-9-8-18-14-20(7-6-19(18)15-21)23(27)25-22-10-12-26(13-11-22)16-17-4-2-1-3-5-17;/h1-15H,16H2;1H. The summed E-state index contributed by atoms with van der Waals surface area (Å²) in [5.41, 5.74) is 2.66. The van der Waals surface area contributed by atoms with E-state index >= 15 is 0 Å². The number of carbonyl (C=O) groups is 1. The zero-order valence-corrected chi connectivity index (χ0v) is 18.2. The second-order valence-electron chi connectivity index (χ2n) is 6.41. The Bertz CT molecular complexity index is 1100. The number of halogens is 2. The van der Waals surface area contributed by atoms with Crippen molar-refractivity contribution in [3.05, 3.63) is 107 Å². The first-order valence-electron chi connectivity index (χ1n) is 8.71. The first-order chi connectivity index (χ1) is 13.2. The Morgan fingerprint density at radius 2 is 1.54 bits per heavy atom. The lowest BCUT2D eigenvalue weighted by Gasteiger charge is -2.06. The van der Waals surface area contributed by atoms with Crippen molar-refractivity contribution in [2.75, 3.05) is 5.32 Å². The average Bonchev–Trinajstić information content (AvgIpc) is 2.70. The van der Waals surface area contributed by atoms with E-state index in [2.05, 4.69) is 37.9 Å². The molecule has 0 unspecified atom stereocenters. The lowest BCUT2D eigenvalue weighted by atomic mass is 10.1. The number of hydrogen-bond acceptors (Lipinski definition) is 1. The van der Waals surface area contributed by atoms with Crippen LogP contribution in [0.5, 0.6) is 0 Å². The van der Waals surface area contributed by atoms with E-state index in [0.29, 0.717) is 5.56 Å². The van der Waals surface area contributed by atoms with E-state index in [-0.39, 0.29) is 22.9 Å². The third kappa shape index (κ3) is 4.86. The monoisotopic (exact) mass is 496 g/mol. The maximum atomic E-state index is 12.6. The van der Waals surface area contributed by atoms with Crippen molar-refractivity contribution in [3.63, 3.8) is 0 Å². The van der Waals surface area contributed by atoms with E-state index in [1.54, 1.807) is 0 Å². The Hall–Kier alpha value is -2.50. The molecule has 1 heterocycles. The van der Waals surface area contributed by atoms with Gasteiger partial charge in [0.15, 0.2) is 18.9 Å². The number of pyridine rings is 1. The normalized spacial score (nSPS) is 10.3. The number of amides is 1. The molecule has 4 rings (SSSR count). The first-order valence-corrected chi connectivity index (χ1v) is 9.50. The predicted octanol–water partition coefficient (Wildman–Crippen LogP) is 2.19. The lowest BCUT2D eigenvalue weighted by molar-refractivity contribution is -0.688. The third-order valence-corrected chi connectivity index (χ3v) is 4.91. The Balaban J connectivity index is 0.00000225. The van der Waals surface area contributed by atoms with Crippen LogP contribution in [0.1, 0.15) is 15.9 Å². The molecule has 0 fully saturated rings. The van der Waals surface area contributed by atoms with Crippen LogP contribution in [-0.2, 0) is 6.54 Å². The number of nitrogens with zero attached hydrogens (tertiary/aromatic N) is 1. The van der Waals surface area contributed by atoms with E-state index in [1.807, 2.05) is 79.1 Å². The molecular weight excluding hydrogens is 480 g/mol. The van der Waals surface area contributed by atoms with Crippen LogP contribution in [0.4, 0.5) is 5.69 Å². The fourth-order valence-electron chi connectivity index (χ4n) is 3.00. The van der Waals surface area contributed by atoms with Crippen LogP contribution in [0.2, 0.25) is 0 Å². The van der Waals surface area contributed by atoms with Gasteiger partial charge in [-0.3, -0.25) is 4.79 Å². The summed E-state index contributed by atoms with van der Waals surface area (Å²) in [4.78, 5) is 12.6. The zero-order chi connectivity index (χ0) is 18.6. The quantitative estimate of drug-likeness (QED) is 0.431. The summed E-state index contributed by atoms with van der Waals surface area (Å²) in [7, 11) is 0. The highest BCUT2D eigenvalue weighted by atomic mass is 79.9. The number of aromatic nitrogens is 1. The SMILES string of the molecule is O=C(Nc1cc[n+](Cc2ccccc2)cc1)c1ccc2cc(Br)ccc2c1.[Br-]. The maximum Gasteiger partial charge on any atom is 0.255 e. The van der Waals surface area contributed by atoms with Gasteiger partial charge in [-0.1, -0.05) is 58.4 Å².